The number of ether oxygens (including phenoxy) is 1. The molecule has 1 aromatic carbocycles. The Hall–Kier alpha value is -3.46. The average Bonchev–Trinajstić information content (AvgIpc) is 3.22. The fraction of sp³-hybridized carbons (Fsp3) is 0.158. The smallest absolute Gasteiger partial charge is 0.168 e. The number of nitrogens with zero attached hydrogens (tertiary/aromatic N) is 3. The van der Waals surface area contributed by atoms with Crippen molar-refractivity contribution in [2.75, 3.05) is 19.0 Å². The Morgan fingerprint density at radius 3 is 3.04 bits per heavy atom. The number of hydrogen-bond acceptors (Lipinski definition) is 4. The second-order valence-corrected chi connectivity index (χ2v) is 5.72. The molecular weight excluding hydrogens is 314 g/mol. The molecule has 0 spiro atoms. The molecule has 0 saturated carbocycles. The molecule has 124 valence electrons. The van der Waals surface area contributed by atoms with Gasteiger partial charge in [0, 0.05) is 29.8 Å². The Balaban J connectivity index is 1.57. The van der Waals surface area contributed by atoms with Crippen LogP contribution in [0.15, 0.2) is 48.8 Å². The highest BCUT2D eigenvalue weighted by Gasteiger charge is 2.12. The first kappa shape index (κ1) is 15.1. The molecule has 25 heavy (non-hydrogen) atoms. The van der Waals surface area contributed by atoms with Crippen LogP contribution in [0.5, 0.6) is 5.75 Å². The summed E-state index contributed by atoms with van der Waals surface area (Å²) < 4.78 is 7.26. The standard InChI is InChI=1S/C19H17N5O/c1-25-16-6-4-5-14-18(16)13(12-22-14)8-9-21-19-15(11-20)24-10-3-2-7-17(24)23-19/h2-7,10,12,21-22H,8-9H2,1H3. The summed E-state index contributed by atoms with van der Waals surface area (Å²) in [6.45, 7) is 0.670. The quantitative estimate of drug-likeness (QED) is 0.588. The van der Waals surface area contributed by atoms with Gasteiger partial charge >= 0.3 is 0 Å². The number of methoxy groups -OCH3 is 1. The molecule has 2 N–H and O–H groups in total. The normalized spacial score (nSPS) is 10.9. The van der Waals surface area contributed by atoms with Gasteiger partial charge in [0.15, 0.2) is 11.5 Å². The van der Waals surface area contributed by atoms with Gasteiger partial charge in [0.2, 0.25) is 0 Å². The zero-order chi connectivity index (χ0) is 17.2. The summed E-state index contributed by atoms with van der Waals surface area (Å²) in [6, 6.07) is 13.9. The minimum Gasteiger partial charge on any atom is -0.496 e. The Kier molecular flexibility index (Phi) is 3.75. The molecule has 4 aromatic rings. The van der Waals surface area contributed by atoms with E-state index in [4.69, 9.17) is 4.74 Å². The van der Waals surface area contributed by atoms with Crippen molar-refractivity contribution in [3.63, 3.8) is 0 Å². The lowest BCUT2D eigenvalue weighted by Crippen LogP contribution is -2.06. The number of hydrogen-bond donors (Lipinski definition) is 2. The predicted molar refractivity (Wildman–Crippen MR) is 97.0 cm³/mol. The van der Waals surface area contributed by atoms with Crippen LogP contribution in [0.25, 0.3) is 16.6 Å². The molecule has 0 aliphatic heterocycles. The number of H-pyrrole nitrogens is 1. The van der Waals surface area contributed by atoms with Crippen LogP contribution in [0.2, 0.25) is 0 Å². The van der Waals surface area contributed by atoms with Crippen molar-refractivity contribution in [1.29, 1.82) is 5.26 Å². The summed E-state index contributed by atoms with van der Waals surface area (Å²) in [5.74, 6) is 1.47. The van der Waals surface area contributed by atoms with Gasteiger partial charge < -0.3 is 15.0 Å². The van der Waals surface area contributed by atoms with Gasteiger partial charge in [-0.05, 0) is 36.2 Å². The Morgan fingerprint density at radius 2 is 2.20 bits per heavy atom. The number of fused-ring (bicyclic) bond motifs is 2. The predicted octanol–water partition coefficient (Wildman–Crippen LogP) is 3.35. The van der Waals surface area contributed by atoms with Crippen molar-refractivity contribution in [2.24, 2.45) is 0 Å². The van der Waals surface area contributed by atoms with Gasteiger partial charge in [-0.25, -0.2) is 4.98 Å². The summed E-state index contributed by atoms with van der Waals surface area (Å²) >= 11 is 0. The molecule has 0 radical (unpaired) electrons. The maximum absolute atomic E-state index is 9.43. The van der Waals surface area contributed by atoms with Gasteiger partial charge in [0.1, 0.15) is 17.5 Å². The Bertz CT molecular complexity index is 1090. The minimum absolute atomic E-state index is 0.520. The van der Waals surface area contributed by atoms with E-state index in [0.29, 0.717) is 18.1 Å². The molecule has 3 aromatic heterocycles. The van der Waals surface area contributed by atoms with Gasteiger partial charge in [-0.3, -0.25) is 4.40 Å². The average molecular weight is 331 g/mol. The number of aromatic nitrogens is 3. The van der Waals surface area contributed by atoms with Crippen molar-refractivity contribution in [1.82, 2.24) is 14.4 Å². The summed E-state index contributed by atoms with van der Waals surface area (Å²) in [4.78, 5) is 7.77. The van der Waals surface area contributed by atoms with Crippen molar-refractivity contribution in [3.8, 4) is 11.8 Å². The van der Waals surface area contributed by atoms with Gasteiger partial charge in [0.25, 0.3) is 0 Å². The zero-order valence-electron chi connectivity index (χ0n) is 13.8. The highest BCUT2D eigenvalue weighted by molar-refractivity contribution is 5.89. The van der Waals surface area contributed by atoms with E-state index in [0.717, 1.165) is 28.7 Å². The lowest BCUT2D eigenvalue weighted by atomic mass is 10.1. The van der Waals surface area contributed by atoms with Gasteiger partial charge in [-0.2, -0.15) is 5.26 Å². The second-order valence-electron chi connectivity index (χ2n) is 5.72. The molecule has 6 heteroatoms. The van der Waals surface area contributed by atoms with E-state index in [2.05, 4.69) is 21.4 Å². The van der Waals surface area contributed by atoms with Crippen LogP contribution in [0.3, 0.4) is 0 Å². The number of nitriles is 1. The molecule has 0 bridgehead atoms. The third-order valence-electron chi connectivity index (χ3n) is 4.29. The van der Waals surface area contributed by atoms with Crippen LogP contribution in [0, 0.1) is 11.3 Å². The first-order valence-electron chi connectivity index (χ1n) is 8.06. The number of anilines is 1. The minimum atomic E-state index is 0.520. The third kappa shape index (κ3) is 2.56. The Labute approximate surface area is 144 Å². The van der Waals surface area contributed by atoms with E-state index in [1.54, 1.807) is 11.5 Å². The van der Waals surface area contributed by atoms with Crippen LogP contribution in [0.4, 0.5) is 5.82 Å². The molecule has 6 nitrogen and oxygen atoms in total. The van der Waals surface area contributed by atoms with Crippen molar-refractivity contribution in [2.45, 2.75) is 6.42 Å². The fourth-order valence-corrected chi connectivity index (χ4v) is 3.13. The topological polar surface area (TPSA) is 78.1 Å². The molecule has 0 atom stereocenters. The molecule has 4 rings (SSSR count). The maximum atomic E-state index is 9.43. The highest BCUT2D eigenvalue weighted by Crippen LogP contribution is 2.28. The summed E-state index contributed by atoms with van der Waals surface area (Å²) in [5.41, 5.74) is 3.50. The molecule has 0 unspecified atom stereocenters. The number of nitrogens with one attached hydrogen (secondary N) is 2. The summed E-state index contributed by atoms with van der Waals surface area (Å²) in [6.07, 6.45) is 4.64. The molecule has 0 amide bonds. The lowest BCUT2D eigenvalue weighted by Gasteiger charge is -2.06. The first-order valence-corrected chi connectivity index (χ1v) is 8.06. The van der Waals surface area contributed by atoms with E-state index in [1.165, 1.54) is 5.56 Å². The van der Waals surface area contributed by atoms with Crippen molar-refractivity contribution in [3.05, 3.63) is 60.0 Å². The van der Waals surface area contributed by atoms with Crippen LogP contribution in [-0.4, -0.2) is 28.0 Å². The van der Waals surface area contributed by atoms with Crippen molar-refractivity contribution >= 4 is 22.4 Å². The number of imidazole rings is 1. The molecule has 0 fully saturated rings. The monoisotopic (exact) mass is 331 g/mol. The molecule has 3 heterocycles. The number of pyridine rings is 1. The van der Waals surface area contributed by atoms with Crippen LogP contribution >= 0.6 is 0 Å². The van der Waals surface area contributed by atoms with E-state index in [-0.39, 0.29) is 0 Å². The van der Waals surface area contributed by atoms with Crippen LogP contribution in [0.1, 0.15) is 11.3 Å². The highest BCUT2D eigenvalue weighted by atomic mass is 16.5. The van der Waals surface area contributed by atoms with Gasteiger partial charge in [0.05, 0.1) is 7.11 Å². The first-order chi connectivity index (χ1) is 12.3. The second kappa shape index (κ2) is 6.21. The Morgan fingerprint density at radius 1 is 1.28 bits per heavy atom. The van der Waals surface area contributed by atoms with E-state index in [9.17, 15) is 5.26 Å². The fourth-order valence-electron chi connectivity index (χ4n) is 3.13. The van der Waals surface area contributed by atoms with Crippen LogP contribution in [-0.2, 0) is 6.42 Å². The third-order valence-corrected chi connectivity index (χ3v) is 4.29. The number of aromatic amines is 1. The maximum Gasteiger partial charge on any atom is 0.168 e. The number of rotatable bonds is 5. The summed E-state index contributed by atoms with van der Waals surface area (Å²) in [5, 5.41) is 13.8. The van der Waals surface area contributed by atoms with Crippen LogP contribution < -0.4 is 10.1 Å². The molecule has 0 aliphatic rings. The van der Waals surface area contributed by atoms with E-state index < -0.39 is 0 Å². The van der Waals surface area contributed by atoms with E-state index >= 15 is 0 Å². The number of benzene rings is 1. The van der Waals surface area contributed by atoms with E-state index in [1.807, 2.05) is 48.8 Å². The van der Waals surface area contributed by atoms with Crippen molar-refractivity contribution < 1.29 is 4.74 Å². The largest absolute Gasteiger partial charge is 0.496 e. The van der Waals surface area contributed by atoms with Gasteiger partial charge in [-0.15, -0.1) is 0 Å². The SMILES string of the molecule is COc1cccc2[nH]cc(CCNc3nc4ccccn4c3C#N)c12. The lowest BCUT2D eigenvalue weighted by molar-refractivity contribution is 0.419. The molecular formula is C19H17N5O. The molecule has 0 saturated heterocycles. The van der Waals surface area contributed by atoms with Gasteiger partial charge in [-0.1, -0.05) is 12.1 Å². The molecule has 0 aliphatic carbocycles. The summed E-state index contributed by atoms with van der Waals surface area (Å²) in [7, 11) is 1.68. The zero-order valence-corrected chi connectivity index (χ0v) is 13.8.